The number of likely N-dealkylation sites (N-methyl/N-ethyl adjacent to an activating group) is 1. The Labute approximate surface area is 92.4 Å². The number of hydrogen-bond acceptors (Lipinski definition) is 4. The average molecular weight is 213 g/mol. The van der Waals surface area contributed by atoms with Crippen molar-refractivity contribution < 1.29 is 4.74 Å². The van der Waals surface area contributed by atoms with Crippen LogP contribution in [0.2, 0.25) is 0 Å². The van der Waals surface area contributed by atoms with Crippen LogP contribution in [0.4, 0.5) is 0 Å². The van der Waals surface area contributed by atoms with Crippen molar-refractivity contribution in [3.63, 3.8) is 0 Å². The Hall–Kier alpha value is -0.160. The van der Waals surface area contributed by atoms with Gasteiger partial charge in [-0.25, -0.2) is 0 Å². The first kappa shape index (κ1) is 11.3. The fourth-order valence-electron chi connectivity index (χ4n) is 2.83. The van der Waals surface area contributed by atoms with Crippen LogP contribution in [0.5, 0.6) is 0 Å². The van der Waals surface area contributed by atoms with Crippen LogP contribution in [0.15, 0.2) is 0 Å². The van der Waals surface area contributed by atoms with Crippen LogP contribution >= 0.6 is 0 Å². The maximum absolute atomic E-state index is 5.86. The van der Waals surface area contributed by atoms with Crippen molar-refractivity contribution >= 4 is 0 Å². The van der Waals surface area contributed by atoms with Gasteiger partial charge >= 0.3 is 0 Å². The highest BCUT2D eigenvalue weighted by Crippen LogP contribution is 2.23. The molecule has 2 aliphatic rings. The Morgan fingerprint density at radius 3 is 2.80 bits per heavy atom. The molecular weight excluding hydrogens is 190 g/mol. The minimum absolute atomic E-state index is 0.377. The topological polar surface area (TPSA) is 41.7 Å². The molecule has 2 saturated heterocycles. The highest BCUT2D eigenvalue weighted by Gasteiger charge is 2.35. The smallest absolute Gasteiger partial charge is 0.0703 e. The first-order chi connectivity index (χ1) is 7.22. The summed E-state index contributed by atoms with van der Waals surface area (Å²) in [7, 11) is 2.18. The molecule has 15 heavy (non-hydrogen) atoms. The molecule has 3 unspecified atom stereocenters. The van der Waals surface area contributed by atoms with Gasteiger partial charge in [-0.1, -0.05) is 0 Å². The van der Waals surface area contributed by atoms with Crippen LogP contribution in [0.3, 0.4) is 0 Å². The molecule has 0 bridgehead atoms. The van der Waals surface area contributed by atoms with Crippen molar-refractivity contribution in [2.24, 2.45) is 5.73 Å². The lowest BCUT2D eigenvalue weighted by Gasteiger charge is -2.43. The Morgan fingerprint density at radius 1 is 1.40 bits per heavy atom. The Bertz CT molecular complexity index is 212. The summed E-state index contributed by atoms with van der Waals surface area (Å²) in [5.41, 5.74) is 5.86. The number of nitrogens with two attached hydrogens (primary N) is 1. The molecule has 0 radical (unpaired) electrons. The molecule has 0 amide bonds. The number of ether oxygens (including phenoxy) is 1. The van der Waals surface area contributed by atoms with E-state index in [9.17, 15) is 0 Å². The van der Waals surface area contributed by atoms with Crippen LogP contribution in [-0.2, 0) is 4.74 Å². The quantitative estimate of drug-likeness (QED) is 0.686. The predicted molar refractivity (Wildman–Crippen MR) is 60.9 cm³/mol. The second kappa shape index (κ2) is 4.78. The van der Waals surface area contributed by atoms with Gasteiger partial charge in [0.1, 0.15) is 0 Å². The van der Waals surface area contributed by atoms with Crippen LogP contribution in [0.25, 0.3) is 0 Å². The second-order valence-corrected chi connectivity index (χ2v) is 4.82. The fourth-order valence-corrected chi connectivity index (χ4v) is 2.83. The summed E-state index contributed by atoms with van der Waals surface area (Å²) in [6.45, 7) is 7.24. The molecule has 2 heterocycles. The Morgan fingerprint density at radius 2 is 2.20 bits per heavy atom. The minimum atomic E-state index is 0.377. The summed E-state index contributed by atoms with van der Waals surface area (Å²) in [6, 6.07) is 1.10. The van der Waals surface area contributed by atoms with Gasteiger partial charge in [0, 0.05) is 44.9 Å². The van der Waals surface area contributed by atoms with Crippen molar-refractivity contribution in [1.29, 1.82) is 0 Å². The summed E-state index contributed by atoms with van der Waals surface area (Å²) in [4.78, 5) is 4.94. The summed E-state index contributed by atoms with van der Waals surface area (Å²) in [5, 5.41) is 0. The van der Waals surface area contributed by atoms with E-state index in [2.05, 4.69) is 23.8 Å². The van der Waals surface area contributed by atoms with E-state index in [0.717, 1.165) is 32.8 Å². The van der Waals surface area contributed by atoms with E-state index in [4.69, 9.17) is 10.5 Å². The van der Waals surface area contributed by atoms with Gasteiger partial charge in [0.2, 0.25) is 0 Å². The molecule has 0 aromatic carbocycles. The molecule has 0 aromatic heterocycles. The third-order valence-corrected chi connectivity index (χ3v) is 3.77. The Kier molecular flexibility index (Phi) is 3.61. The monoisotopic (exact) mass is 213 g/mol. The standard InChI is InChI=1S/C11H23N3O/c1-9-11(3-6-15-9)14-5-4-13(2)8-10(14)7-12/h9-11H,3-8,12H2,1-2H3. The lowest BCUT2D eigenvalue weighted by molar-refractivity contribution is 0.0190. The van der Waals surface area contributed by atoms with Gasteiger partial charge in [-0.15, -0.1) is 0 Å². The van der Waals surface area contributed by atoms with Crippen molar-refractivity contribution in [3.05, 3.63) is 0 Å². The molecule has 0 spiro atoms. The van der Waals surface area contributed by atoms with Crippen molar-refractivity contribution in [1.82, 2.24) is 9.80 Å². The summed E-state index contributed by atoms with van der Waals surface area (Å²) >= 11 is 0. The SMILES string of the molecule is CC1OCCC1N1CCN(C)CC1CN. The zero-order chi connectivity index (χ0) is 10.8. The molecule has 4 nitrogen and oxygen atoms in total. The number of rotatable bonds is 2. The van der Waals surface area contributed by atoms with Crippen molar-refractivity contribution in [2.45, 2.75) is 31.5 Å². The van der Waals surface area contributed by atoms with Gasteiger partial charge in [-0.3, -0.25) is 4.90 Å². The average Bonchev–Trinajstić information content (AvgIpc) is 2.64. The molecule has 0 aliphatic carbocycles. The molecule has 4 heteroatoms. The molecular formula is C11H23N3O. The predicted octanol–water partition coefficient (Wildman–Crippen LogP) is -0.261. The minimum Gasteiger partial charge on any atom is -0.377 e. The second-order valence-electron chi connectivity index (χ2n) is 4.82. The van der Waals surface area contributed by atoms with Gasteiger partial charge in [0.25, 0.3) is 0 Å². The van der Waals surface area contributed by atoms with Crippen LogP contribution in [0, 0.1) is 0 Å². The summed E-state index contributed by atoms with van der Waals surface area (Å²) in [5.74, 6) is 0. The van der Waals surface area contributed by atoms with E-state index >= 15 is 0 Å². The van der Waals surface area contributed by atoms with Crippen LogP contribution in [0.1, 0.15) is 13.3 Å². The first-order valence-electron chi connectivity index (χ1n) is 5.98. The number of piperazine rings is 1. The molecule has 0 saturated carbocycles. The lowest BCUT2D eigenvalue weighted by atomic mass is 10.0. The Balaban J connectivity index is 2.00. The van der Waals surface area contributed by atoms with E-state index in [1.54, 1.807) is 0 Å². The van der Waals surface area contributed by atoms with E-state index in [-0.39, 0.29) is 0 Å². The number of hydrogen-bond donors (Lipinski definition) is 1. The highest BCUT2D eigenvalue weighted by molar-refractivity contribution is 4.90. The fraction of sp³-hybridized carbons (Fsp3) is 1.00. The van der Waals surface area contributed by atoms with Crippen molar-refractivity contribution in [3.8, 4) is 0 Å². The molecule has 88 valence electrons. The molecule has 2 rings (SSSR count). The number of nitrogens with zero attached hydrogens (tertiary/aromatic N) is 2. The molecule has 0 aromatic rings. The maximum atomic E-state index is 5.86. The van der Waals surface area contributed by atoms with Gasteiger partial charge in [-0.2, -0.15) is 0 Å². The molecule has 3 atom stereocenters. The largest absolute Gasteiger partial charge is 0.377 e. The van der Waals surface area contributed by atoms with Crippen LogP contribution < -0.4 is 5.73 Å². The maximum Gasteiger partial charge on any atom is 0.0703 e. The molecule has 2 fully saturated rings. The highest BCUT2D eigenvalue weighted by atomic mass is 16.5. The van der Waals surface area contributed by atoms with Crippen molar-refractivity contribution in [2.75, 3.05) is 39.8 Å². The van der Waals surface area contributed by atoms with Gasteiger partial charge in [0.15, 0.2) is 0 Å². The first-order valence-corrected chi connectivity index (χ1v) is 5.98. The van der Waals surface area contributed by atoms with E-state index in [0.29, 0.717) is 18.2 Å². The van der Waals surface area contributed by atoms with Gasteiger partial charge in [0.05, 0.1) is 6.10 Å². The van der Waals surface area contributed by atoms with E-state index in [1.165, 1.54) is 6.42 Å². The van der Waals surface area contributed by atoms with E-state index < -0.39 is 0 Å². The third kappa shape index (κ3) is 2.33. The molecule has 2 N–H and O–H groups in total. The zero-order valence-electron chi connectivity index (χ0n) is 9.85. The molecule has 2 aliphatic heterocycles. The van der Waals surface area contributed by atoms with Crippen LogP contribution in [-0.4, -0.2) is 67.8 Å². The van der Waals surface area contributed by atoms with E-state index in [1.807, 2.05) is 0 Å². The van der Waals surface area contributed by atoms with Gasteiger partial charge < -0.3 is 15.4 Å². The normalized spacial score (nSPS) is 39.8. The lowest BCUT2D eigenvalue weighted by Crippen LogP contribution is -2.59. The zero-order valence-corrected chi connectivity index (χ0v) is 9.85. The summed E-state index contributed by atoms with van der Waals surface area (Å²) < 4.78 is 5.64. The third-order valence-electron chi connectivity index (χ3n) is 3.77. The summed E-state index contributed by atoms with van der Waals surface area (Å²) in [6.07, 6.45) is 1.55. The van der Waals surface area contributed by atoms with Gasteiger partial charge in [-0.05, 0) is 20.4 Å².